The number of amides is 1. The summed E-state index contributed by atoms with van der Waals surface area (Å²) in [5, 5.41) is 0. The van der Waals surface area contributed by atoms with Crippen LogP contribution < -0.4 is 5.73 Å². The van der Waals surface area contributed by atoms with E-state index in [2.05, 4.69) is 29.8 Å². The Bertz CT molecular complexity index is 420. The molecule has 18 heavy (non-hydrogen) atoms. The van der Waals surface area contributed by atoms with E-state index >= 15 is 0 Å². The molecule has 0 aromatic heterocycles. The third-order valence-corrected chi connectivity index (χ3v) is 4.04. The smallest absolute Gasteiger partial charge is 0.255 e. The number of nitrogen functional groups attached to an aromatic ring is 1. The number of rotatable bonds is 5. The van der Waals surface area contributed by atoms with Gasteiger partial charge in [0.15, 0.2) is 0 Å². The van der Waals surface area contributed by atoms with Gasteiger partial charge in [0, 0.05) is 18.8 Å². The highest BCUT2D eigenvalue weighted by molar-refractivity contribution is 9.10. The topological polar surface area (TPSA) is 46.3 Å². The third-order valence-electron chi connectivity index (χ3n) is 3.16. The third kappa shape index (κ3) is 3.48. The molecule has 1 atom stereocenters. The van der Waals surface area contributed by atoms with Gasteiger partial charge >= 0.3 is 0 Å². The standard InChI is InChI=1S/C14H21BrN2O/c1-4-10(3)9-17(5-2)14(18)11-7-6-8-12(16)13(11)15/h6-8,10H,4-5,9,16H2,1-3H3. The van der Waals surface area contributed by atoms with Gasteiger partial charge in [0.05, 0.1) is 10.0 Å². The van der Waals surface area contributed by atoms with Crippen LogP contribution in [-0.2, 0) is 0 Å². The van der Waals surface area contributed by atoms with Crippen molar-refractivity contribution in [3.05, 3.63) is 28.2 Å². The Morgan fingerprint density at radius 3 is 2.67 bits per heavy atom. The lowest BCUT2D eigenvalue weighted by molar-refractivity contribution is 0.0740. The largest absolute Gasteiger partial charge is 0.398 e. The molecule has 1 rings (SSSR count). The maximum absolute atomic E-state index is 12.4. The number of hydrogen-bond donors (Lipinski definition) is 1. The minimum atomic E-state index is 0.0389. The van der Waals surface area contributed by atoms with Gasteiger partial charge in [-0.2, -0.15) is 0 Å². The number of halogens is 1. The van der Waals surface area contributed by atoms with E-state index in [-0.39, 0.29) is 5.91 Å². The number of carbonyl (C=O) groups excluding carboxylic acids is 1. The SMILES string of the molecule is CCC(C)CN(CC)C(=O)c1cccc(N)c1Br. The van der Waals surface area contributed by atoms with Gasteiger partial charge in [0.25, 0.3) is 5.91 Å². The van der Waals surface area contributed by atoms with Crippen LogP contribution in [0.25, 0.3) is 0 Å². The Balaban J connectivity index is 2.93. The fourth-order valence-corrected chi connectivity index (χ4v) is 2.18. The van der Waals surface area contributed by atoms with Gasteiger partial charge in [-0.25, -0.2) is 0 Å². The van der Waals surface area contributed by atoms with E-state index < -0.39 is 0 Å². The van der Waals surface area contributed by atoms with E-state index in [4.69, 9.17) is 5.73 Å². The second-order valence-electron chi connectivity index (χ2n) is 4.57. The Labute approximate surface area is 117 Å². The molecule has 0 radical (unpaired) electrons. The van der Waals surface area contributed by atoms with Crippen LogP contribution >= 0.6 is 15.9 Å². The van der Waals surface area contributed by atoms with Crippen LogP contribution in [0.5, 0.6) is 0 Å². The quantitative estimate of drug-likeness (QED) is 0.845. The van der Waals surface area contributed by atoms with Crippen molar-refractivity contribution in [2.45, 2.75) is 27.2 Å². The molecular formula is C14H21BrN2O. The summed E-state index contributed by atoms with van der Waals surface area (Å²) in [5.74, 6) is 0.547. The summed E-state index contributed by atoms with van der Waals surface area (Å²) in [6.07, 6.45) is 1.07. The normalized spacial score (nSPS) is 12.2. The summed E-state index contributed by atoms with van der Waals surface area (Å²) in [6, 6.07) is 5.40. The molecule has 0 spiro atoms. The molecule has 0 saturated carbocycles. The van der Waals surface area contributed by atoms with Gasteiger partial charge in [-0.1, -0.05) is 26.3 Å². The van der Waals surface area contributed by atoms with Crippen LogP contribution in [0.2, 0.25) is 0 Å². The van der Waals surface area contributed by atoms with Crippen molar-refractivity contribution in [1.29, 1.82) is 0 Å². The van der Waals surface area contributed by atoms with E-state index in [0.29, 0.717) is 28.2 Å². The van der Waals surface area contributed by atoms with Gasteiger partial charge in [-0.3, -0.25) is 4.79 Å². The summed E-state index contributed by atoms with van der Waals surface area (Å²) in [4.78, 5) is 14.3. The minimum absolute atomic E-state index is 0.0389. The van der Waals surface area contributed by atoms with Gasteiger partial charge < -0.3 is 10.6 Å². The van der Waals surface area contributed by atoms with Crippen molar-refractivity contribution in [3.63, 3.8) is 0 Å². The van der Waals surface area contributed by atoms with Crippen LogP contribution in [0.3, 0.4) is 0 Å². The fourth-order valence-electron chi connectivity index (χ4n) is 1.75. The number of nitrogens with two attached hydrogens (primary N) is 1. The van der Waals surface area contributed by atoms with Gasteiger partial charge in [-0.15, -0.1) is 0 Å². The minimum Gasteiger partial charge on any atom is -0.398 e. The number of hydrogen-bond acceptors (Lipinski definition) is 2. The molecular weight excluding hydrogens is 292 g/mol. The first-order valence-electron chi connectivity index (χ1n) is 6.34. The maximum atomic E-state index is 12.4. The molecule has 4 heteroatoms. The summed E-state index contributed by atoms with van der Waals surface area (Å²) in [5.41, 5.74) is 7.05. The highest BCUT2D eigenvalue weighted by atomic mass is 79.9. The second-order valence-corrected chi connectivity index (χ2v) is 5.36. The molecule has 0 fully saturated rings. The number of benzene rings is 1. The van der Waals surface area contributed by atoms with Gasteiger partial charge in [0.1, 0.15) is 0 Å². The maximum Gasteiger partial charge on any atom is 0.255 e. The lowest BCUT2D eigenvalue weighted by atomic mass is 10.1. The monoisotopic (exact) mass is 312 g/mol. The molecule has 0 aliphatic carbocycles. The van der Waals surface area contributed by atoms with Crippen LogP contribution in [0.4, 0.5) is 5.69 Å². The summed E-state index contributed by atoms with van der Waals surface area (Å²) in [6.45, 7) is 7.79. The van der Waals surface area contributed by atoms with Crippen molar-refractivity contribution in [2.24, 2.45) is 5.92 Å². The Hall–Kier alpha value is -1.03. The van der Waals surface area contributed by atoms with E-state index in [0.717, 1.165) is 13.0 Å². The zero-order valence-corrected chi connectivity index (χ0v) is 12.8. The first-order chi connectivity index (χ1) is 8.51. The van der Waals surface area contributed by atoms with Crippen molar-refractivity contribution < 1.29 is 4.79 Å². The molecule has 2 N–H and O–H groups in total. The highest BCUT2D eigenvalue weighted by Crippen LogP contribution is 2.25. The zero-order chi connectivity index (χ0) is 13.7. The van der Waals surface area contributed by atoms with E-state index in [1.165, 1.54) is 0 Å². The first kappa shape index (κ1) is 15.0. The summed E-state index contributed by atoms with van der Waals surface area (Å²) in [7, 11) is 0. The Kier molecular flexibility index (Phi) is 5.66. The number of nitrogens with zero attached hydrogens (tertiary/aromatic N) is 1. The molecule has 1 aromatic rings. The molecule has 0 saturated heterocycles. The highest BCUT2D eigenvalue weighted by Gasteiger charge is 2.19. The van der Waals surface area contributed by atoms with Crippen molar-refractivity contribution in [1.82, 2.24) is 4.90 Å². The van der Waals surface area contributed by atoms with E-state index in [1.54, 1.807) is 6.07 Å². The van der Waals surface area contributed by atoms with Gasteiger partial charge in [0.2, 0.25) is 0 Å². The predicted molar refractivity (Wildman–Crippen MR) is 79.6 cm³/mol. The van der Waals surface area contributed by atoms with Crippen molar-refractivity contribution in [3.8, 4) is 0 Å². The molecule has 0 heterocycles. The molecule has 0 aliphatic heterocycles. The van der Waals surface area contributed by atoms with E-state index in [9.17, 15) is 4.79 Å². The lowest BCUT2D eigenvalue weighted by Crippen LogP contribution is -2.34. The van der Waals surface area contributed by atoms with Crippen molar-refractivity contribution in [2.75, 3.05) is 18.8 Å². The molecule has 0 aliphatic rings. The van der Waals surface area contributed by atoms with Crippen LogP contribution in [0.15, 0.2) is 22.7 Å². The zero-order valence-electron chi connectivity index (χ0n) is 11.2. The lowest BCUT2D eigenvalue weighted by Gasteiger charge is -2.24. The molecule has 1 aromatic carbocycles. The Morgan fingerprint density at radius 1 is 1.44 bits per heavy atom. The Morgan fingerprint density at radius 2 is 2.11 bits per heavy atom. The average molecular weight is 313 g/mol. The molecule has 1 unspecified atom stereocenters. The predicted octanol–water partition coefficient (Wildman–Crippen LogP) is 3.54. The van der Waals surface area contributed by atoms with Gasteiger partial charge in [-0.05, 0) is 40.9 Å². The first-order valence-corrected chi connectivity index (χ1v) is 7.13. The molecule has 0 bridgehead atoms. The fraction of sp³-hybridized carbons (Fsp3) is 0.500. The summed E-state index contributed by atoms with van der Waals surface area (Å²) < 4.78 is 0.692. The van der Waals surface area contributed by atoms with Crippen molar-refractivity contribution >= 4 is 27.5 Å². The molecule has 3 nitrogen and oxygen atoms in total. The second kappa shape index (κ2) is 6.78. The number of anilines is 1. The van der Waals surface area contributed by atoms with Crippen LogP contribution in [-0.4, -0.2) is 23.9 Å². The summed E-state index contributed by atoms with van der Waals surface area (Å²) >= 11 is 3.39. The number of carbonyl (C=O) groups is 1. The van der Waals surface area contributed by atoms with E-state index in [1.807, 2.05) is 24.0 Å². The average Bonchev–Trinajstić information content (AvgIpc) is 2.38. The van der Waals surface area contributed by atoms with Crippen LogP contribution in [0.1, 0.15) is 37.6 Å². The molecule has 1 amide bonds. The van der Waals surface area contributed by atoms with Crippen LogP contribution in [0, 0.1) is 5.92 Å². The molecule has 100 valence electrons.